The van der Waals surface area contributed by atoms with Crippen LogP contribution in [0.4, 0.5) is 9.18 Å². The number of carbonyl (C=O) groups is 1. The molecule has 1 amide bonds. The van der Waals surface area contributed by atoms with Crippen molar-refractivity contribution in [2.75, 3.05) is 13.2 Å². The largest absolute Gasteiger partial charge is 0.444 e. The van der Waals surface area contributed by atoms with Crippen LogP contribution < -0.4 is 0 Å². The summed E-state index contributed by atoms with van der Waals surface area (Å²) in [6, 6.07) is 5.04. The Morgan fingerprint density at radius 3 is 2.85 bits per heavy atom. The van der Waals surface area contributed by atoms with E-state index in [1.54, 1.807) is 12.1 Å². The molecule has 146 valence electrons. The predicted molar refractivity (Wildman–Crippen MR) is 104 cm³/mol. The fourth-order valence-corrected chi connectivity index (χ4v) is 3.53. The summed E-state index contributed by atoms with van der Waals surface area (Å²) in [5.41, 5.74) is 0.0726. The Hall–Kier alpha value is -1.14. The van der Waals surface area contributed by atoms with E-state index in [0.29, 0.717) is 12.2 Å². The summed E-state index contributed by atoms with van der Waals surface area (Å²) >= 11 is 3.34. The smallest absolute Gasteiger partial charge is 0.410 e. The van der Waals surface area contributed by atoms with Gasteiger partial charge in [0.25, 0.3) is 0 Å². The fourth-order valence-electron chi connectivity index (χ4n) is 3.12. The highest BCUT2D eigenvalue weighted by Gasteiger charge is 2.29. The lowest BCUT2D eigenvalue weighted by Crippen LogP contribution is -2.46. The average Bonchev–Trinajstić information content (AvgIpc) is 2.56. The molecule has 2 rings (SSSR count). The van der Waals surface area contributed by atoms with Gasteiger partial charge >= 0.3 is 6.09 Å². The number of rotatable bonds is 6. The zero-order chi connectivity index (χ0) is 19.2. The Labute approximate surface area is 164 Å². The monoisotopic (exact) mass is 429 g/mol. The molecule has 0 spiro atoms. The fraction of sp³-hybridized carbons (Fsp3) is 0.650. The third-order valence-electron chi connectivity index (χ3n) is 4.35. The molecule has 0 aromatic heterocycles. The van der Waals surface area contributed by atoms with Crippen LogP contribution in [0.25, 0.3) is 0 Å². The summed E-state index contributed by atoms with van der Waals surface area (Å²) in [5, 5.41) is 0. The second kappa shape index (κ2) is 9.70. The SMILES string of the molecule is CC(C)(C)OC(=O)N1CCCCC1CCCOCc1cc(Br)ccc1F. The van der Waals surface area contributed by atoms with Gasteiger partial charge in [0.15, 0.2) is 0 Å². The standard InChI is InChI=1S/C20H29BrFNO3/c1-20(2,3)26-19(24)23-11-5-4-7-17(23)8-6-12-25-14-15-13-16(21)9-10-18(15)22/h9-10,13,17H,4-8,11-12,14H2,1-3H3. The van der Waals surface area contributed by atoms with E-state index in [1.807, 2.05) is 25.7 Å². The lowest BCUT2D eigenvalue weighted by molar-refractivity contribution is 0.00723. The van der Waals surface area contributed by atoms with E-state index in [0.717, 1.165) is 43.1 Å². The second-order valence-electron chi connectivity index (χ2n) is 7.75. The molecule has 0 bridgehead atoms. The Morgan fingerprint density at radius 2 is 2.12 bits per heavy atom. The summed E-state index contributed by atoms with van der Waals surface area (Å²) in [6.07, 6.45) is 4.64. The van der Waals surface area contributed by atoms with Crippen LogP contribution in [0.3, 0.4) is 0 Å². The van der Waals surface area contributed by atoms with Crippen LogP contribution in [-0.4, -0.2) is 35.8 Å². The first kappa shape index (κ1) is 21.2. The zero-order valence-electron chi connectivity index (χ0n) is 15.9. The minimum atomic E-state index is -0.476. The molecule has 1 aliphatic heterocycles. The van der Waals surface area contributed by atoms with Crippen LogP contribution >= 0.6 is 15.9 Å². The topological polar surface area (TPSA) is 38.8 Å². The molecule has 1 unspecified atom stereocenters. The summed E-state index contributed by atoms with van der Waals surface area (Å²) in [7, 11) is 0. The minimum Gasteiger partial charge on any atom is -0.444 e. The van der Waals surface area contributed by atoms with Crippen LogP contribution in [-0.2, 0) is 16.1 Å². The molecule has 1 heterocycles. The maximum Gasteiger partial charge on any atom is 0.410 e. The highest BCUT2D eigenvalue weighted by molar-refractivity contribution is 9.10. The summed E-state index contributed by atoms with van der Waals surface area (Å²) in [6.45, 7) is 7.22. The quantitative estimate of drug-likeness (QED) is 0.546. The normalized spacial score (nSPS) is 18.0. The molecule has 1 fully saturated rings. The van der Waals surface area contributed by atoms with E-state index >= 15 is 0 Å². The molecule has 0 N–H and O–H groups in total. The van der Waals surface area contributed by atoms with Crippen LogP contribution in [0.2, 0.25) is 0 Å². The summed E-state index contributed by atoms with van der Waals surface area (Å²) < 4.78 is 25.7. The van der Waals surface area contributed by atoms with E-state index < -0.39 is 5.60 Å². The molecule has 1 atom stereocenters. The van der Waals surface area contributed by atoms with E-state index in [4.69, 9.17) is 9.47 Å². The lowest BCUT2D eigenvalue weighted by atomic mass is 9.98. The number of nitrogens with zero attached hydrogens (tertiary/aromatic N) is 1. The molecule has 26 heavy (non-hydrogen) atoms. The van der Waals surface area contributed by atoms with Crippen molar-refractivity contribution in [2.45, 2.75) is 71.1 Å². The van der Waals surface area contributed by atoms with Gasteiger partial charge in [-0.2, -0.15) is 0 Å². The van der Waals surface area contributed by atoms with Crippen molar-refractivity contribution < 1.29 is 18.7 Å². The first-order valence-electron chi connectivity index (χ1n) is 9.27. The molecular formula is C20H29BrFNO3. The molecule has 1 saturated heterocycles. The Bertz CT molecular complexity index is 603. The van der Waals surface area contributed by atoms with E-state index in [2.05, 4.69) is 15.9 Å². The van der Waals surface area contributed by atoms with Crippen molar-refractivity contribution in [1.29, 1.82) is 0 Å². The van der Waals surface area contributed by atoms with Gasteiger partial charge in [-0.15, -0.1) is 0 Å². The van der Waals surface area contributed by atoms with Gasteiger partial charge in [0.1, 0.15) is 11.4 Å². The van der Waals surface area contributed by atoms with Crippen molar-refractivity contribution in [2.24, 2.45) is 0 Å². The van der Waals surface area contributed by atoms with Gasteiger partial charge in [0.2, 0.25) is 0 Å². The van der Waals surface area contributed by atoms with Crippen LogP contribution in [0.1, 0.15) is 58.4 Å². The second-order valence-corrected chi connectivity index (χ2v) is 8.67. The number of benzene rings is 1. The molecule has 1 aromatic carbocycles. The average molecular weight is 430 g/mol. The number of halogens is 2. The van der Waals surface area contributed by atoms with Gasteiger partial charge in [0, 0.05) is 29.2 Å². The van der Waals surface area contributed by atoms with Gasteiger partial charge in [-0.3, -0.25) is 0 Å². The van der Waals surface area contributed by atoms with Crippen molar-refractivity contribution in [3.05, 3.63) is 34.1 Å². The highest BCUT2D eigenvalue weighted by atomic mass is 79.9. The lowest BCUT2D eigenvalue weighted by Gasteiger charge is -2.36. The number of hydrogen-bond acceptors (Lipinski definition) is 3. The molecule has 0 saturated carbocycles. The number of likely N-dealkylation sites (tertiary alicyclic amines) is 1. The summed E-state index contributed by atoms with van der Waals surface area (Å²) in [4.78, 5) is 14.3. The van der Waals surface area contributed by atoms with Crippen LogP contribution in [0.15, 0.2) is 22.7 Å². The van der Waals surface area contributed by atoms with Crippen molar-refractivity contribution >= 4 is 22.0 Å². The van der Waals surface area contributed by atoms with Crippen LogP contribution in [0.5, 0.6) is 0 Å². The van der Waals surface area contributed by atoms with E-state index in [9.17, 15) is 9.18 Å². The van der Waals surface area contributed by atoms with E-state index in [1.165, 1.54) is 6.07 Å². The van der Waals surface area contributed by atoms with Gasteiger partial charge in [-0.05, 0) is 71.1 Å². The number of ether oxygens (including phenoxy) is 2. The molecular weight excluding hydrogens is 401 g/mol. The maximum atomic E-state index is 13.7. The van der Waals surface area contributed by atoms with Gasteiger partial charge in [-0.1, -0.05) is 15.9 Å². The first-order chi connectivity index (χ1) is 12.3. The van der Waals surface area contributed by atoms with Crippen molar-refractivity contribution in [1.82, 2.24) is 4.90 Å². The Balaban J connectivity index is 1.76. The molecule has 4 nitrogen and oxygen atoms in total. The predicted octanol–water partition coefficient (Wildman–Crippen LogP) is 5.67. The third kappa shape index (κ3) is 6.88. The first-order valence-corrected chi connectivity index (χ1v) is 10.1. The molecule has 6 heteroatoms. The number of amides is 1. The van der Waals surface area contributed by atoms with Crippen molar-refractivity contribution in [3.8, 4) is 0 Å². The number of piperidine rings is 1. The molecule has 1 aliphatic rings. The van der Waals surface area contributed by atoms with Gasteiger partial charge in [0.05, 0.1) is 6.61 Å². The zero-order valence-corrected chi connectivity index (χ0v) is 17.5. The number of hydrogen-bond donors (Lipinski definition) is 0. The molecule has 0 radical (unpaired) electrons. The van der Waals surface area contributed by atoms with Gasteiger partial charge in [-0.25, -0.2) is 9.18 Å². The van der Waals surface area contributed by atoms with Crippen LogP contribution in [0, 0.1) is 5.82 Å². The summed E-state index contributed by atoms with van der Waals surface area (Å²) in [5.74, 6) is -0.253. The third-order valence-corrected chi connectivity index (χ3v) is 4.84. The highest BCUT2D eigenvalue weighted by Crippen LogP contribution is 2.23. The molecule has 0 aliphatic carbocycles. The minimum absolute atomic E-state index is 0.199. The molecule has 1 aromatic rings. The van der Waals surface area contributed by atoms with E-state index in [-0.39, 0.29) is 24.6 Å². The number of carbonyl (C=O) groups excluding carboxylic acids is 1. The Morgan fingerprint density at radius 1 is 1.35 bits per heavy atom. The van der Waals surface area contributed by atoms with Crippen molar-refractivity contribution in [3.63, 3.8) is 0 Å². The maximum absolute atomic E-state index is 13.7. The Kier molecular flexibility index (Phi) is 7.89. The van der Waals surface area contributed by atoms with Gasteiger partial charge < -0.3 is 14.4 Å².